The fourth-order valence-corrected chi connectivity index (χ4v) is 2.73. The predicted octanol–water partition coefficient (Wildman–Crippen LogP) is 3.45. The predicted molar refractivity (Wildman–Crippen MR) is 88.6 cm³/mol. The lowest BCUT2D eigenvalue weighted by molar-refractivity contribution is 0.237. The van der Waals surface area contributed by atoms with Gasteiger partial charge < -0.3 is 0 Å². The first-order valence-corrected chi connectivity index (χ1v) is 7.86. The number of hydrogen-bond acceptors (Lipinski definition) is 3. The fraction of sp³-hybridized carbons (Fsp3) is 0.278. The standard InChI is InChI=1S/C18H20N4O/c1-3-8-17-16(13-15-9-5-4-6-10-15)14(2)22(20-17)18(23)21-12-7-11-19-21/h4-7,9-12H,3,8,13H2,1-2H3. The Balaban J connectivity index is 1.99. The summed E-state index contributed by atoms with van der Waals surface area (Å²) in [5.41, 5.74) is 4.24. The van der Waals surface area contributed by atoms with Gasteiger partial charge in [-0.15, -0.1) is 0 Å². The smallest absolute Gasteiger partial charge is 0.244 e. The van der Waals surface area contributed by atoms with E-state index in [9.17, 15) is 4.79 Å². The van der Waals surface area contributed by atoms with Gasteiger partial charge in [0.25, 0.3) is 0 Å². The summed E-state index contributed by atoms with van der Waals surface area (Å²) in [6.07, 6.45) is 5.87. The molecule has 0 bridgehead atoms. The van der Waals surface area contributed by atoms with E-state index in [2.05, 4.69) is 29.3 Å². The topological polar surface area (TPSA) is 52.7 Å². The Morgan fingerprint density at radius 2 is 1.96 bits per heavy atom. The average Bonchev–Trinajstić information content (AvgIpc) is 3.19. The highest BCUT2D eigenvalue weighted by Crippen LogP contribution is 2.20. The SMILES string of the molecule is CCCc1nn(C(=O)n2cccn2)c(C)c1Cc1ccccc1. The van der Waals surface area contributed by atoms with Crippen molar-refractivity contribution in [2.24, 2.45) is 0 Å². The van der Waals surface area contributed by atoms with E-state index in [1.807, 2.05) is 25.1 Å². The van der Waals surface area contributed by atoms with E-state index in [0.29, 0.717) is 0 Å². The highest BCUT2D eigenvalue weighted by Gasteiger charge is 2.19. The number of aromatic nitrogens is 4. The largest absolute Gasteiger partial charge is 0.369 e. The summed E-state index contributed by atoms with van der Waals surface area (Å²) in [5.74, 6) is 0. The van der Waals surface area contributed by atoms with E-state index in [4.69, 9.17) is 0 Å². The summed E-state index contributed by atoms with van der Waals surface area (Å²) in [4.78, 5) is 12.6. The van der Waals surface area contributed by atoms with Gasteiger partial charge in [-0.1, -0.05) is 43.7 Å². The van der Waals surface area contributed by atoms with Crippen LogP contribution in [0.5, 0.6) is 0 Å². The number of nitrogens with zero attached hydrogens (tertiary/aromatic N) is 4. The minimum absolute atomic E-state index is 0.246. The van der Waals surface area contributed by atoms with Crippen LogP contribution in [0.4, 0.5) is 4.79 Å². The van der Waals surface area contributed by atoms with Crippen molar-refractivity contribution in [3.8, 4) is 0 Å². The third kappa shape index (κ3) is 3.08. The molecule has 3 aromatic rings. The maximum Gasteiger partial charge on any atom is 0.369 e. The Kier molecular flexibility index (Phi) is 4.37. The molecule has 0 fully saturated rings. The number of carbonyl (C=O) groups excluding carboxylic acids is 1. The molecule has 0 amide bonds. The van der Waals surface area contributed by atoms with Crippen LogP contribution < -0.4 is 0 Å². The maximum atomic E-state index is 12.6. The van der Waals surface area contributed by atoms with Crippen LogP contribution >= 0.6 is 0 Å². The van der Waals surface area contributed by atoms with Crippen LogP contribution in [-0.4, -0.2) is 25.6 Å². The monoisotopic (exact) mass is 308 g/mol. The molecular formula is C18H20N4O. The summed E-state index contributed by atoms with van der Waals surface area (Å²) >= 11 is 0. The highest BCUT2D eigenvalue weighted by molar-refractivity contribution is 5.78. The van der Waals surface area contributed by atoms with Crippen LogP contribution in [0.3, 0.4) is 0 Å². The summed E-state index contributed by atoms with van der Waals surface area (Å²) in [6.45, 7) is 4.07. The zero-order valence-corrected chi connectivity index (χ0v) is 13.4. The van der Waals surface area contributed by atoms with E-state index in [1.54, 1.807) is 18.5 Å². The normalized spacial score (nSPS) is 10.9. The van der Waals surface area contributed by atoms with Gasteiger partial charge in [-0.2, -0.15) is 19.6 Å². The van der Waals surface area contributed by atoms with E-state index in [1.165, 1.54) is 14.9 Å². The number of rotatable bonds is 4. The molecular weight excluding hydrogens is 288 g/mol. The lowest BCUT2D eigenvalue weighted by atomic mass is 10.0. The van der Waals surface area contributed by atoms with Gasteiger partial charge in [0.2, 0.25) is 0 Å². The van der Waals surface area contributed by atoms with Crippen molar-refractivity contribution in [3.05, 3.63) is 71.3 Å². The maximum absolute atomic E-state index is 12.6. The van der Waals surface area contributed by atoms with Crippen LogP contribution in [0.15, 0.2) is 48.8 Å². The van der Waals surface area contributed by atoms with Crippen molar-refractivity contribution in [1.82, 2.24) is 19.6 Å². The first kappa shape index (κ1) is 15.2. The summed E-state index contributed by atoms with van der Waals surface area (Å²) in [6, 6.07) is 11.8. The van der Waals surface area contributed by atoms with Crippen molar-refractivity contribution in [2.75, 3.05) is 0 Å². The molecule has 0 unspecified atom stereocenters. The zero-order chi connectivity index (χ0) is 16.2. The molecule has 23 heavy (non-hydrogen) atoms. The lowest BCUT2D eigenvalue weighted by Crippen LogP contribution is -2.22. The van der Waals surface area contributed by atoms with Crippen molar-refractivity contribution >= 4 is 6.03 Å². The molecule has 118 valence electrons. The summed E-state index contributed by atoms with van der Waals surface area (Å²) < 4.78 is 2.78. The quantitative estimate of drug-likeness (QED) is 0.742. The molecule has 0 saturated heterocycles. The molecule has 0 aliphatic carbocycles. The number of hydrogen-bond donors (Lipinski definition) is 0. The Bertz CT molecular complexity index is 788. The van der Waals surface area contributed by atoms with Crippen LogP contribution in [-0.2, 0) is 12.8 Å². The average molecular weight is 308 g/mol. The summed E-state index contributed by atoms with van der Waals surface area (Å²) in [7, 11) is 0. The second kappa shape index (κ2) is 6.60. The van der Waals surface area contributed by atoms with Crippen LogP contribution in [0.25, 0.3) is 0 Å². The molecule has 0 aliphatic heterocycles. The number of aryl methyl sites for hydroxylation is 1. The molecule has 0 saturated carbocycles. The van der Waals surface area contributed by atoms with Crippen molar-refractivity contribution in [3.63, 3.8) is 0 Å². The van der Waals surface area contributed by atoms with E-state index in [0.717, 1.165) is 36.2 Å². The van der Waals surface area contributed by atoms with Crippen LogP contribution in [0.1, 0.15) is 35.9 Å². The van der Waals surface area contributed by atoms with Crippen molar-refractivity contribution < 1.29 is 4.79 Å². The Morgan fingerprint density at radius 1 is 1.17 bits per heavy atom. The molecule has 2 aromatic heterocycles. The number of benzene rings is 1. The molecule has 1 aromatic carbocycles. The van der Waals surface area contributed by atoms with Gasteiger partial charge in [-0.05, 0) is 25.0 Å². The van der Waals surface area contributed by atoms with Gasteiger partial charge >= 0.3 is 6.03 Å². The molecule has 0 atom stereocenters. The van der Waals surface area contributed by atoms with E-state index >= 15 is 0 Å². The molecule has 0 spiro atoms. The second-order valence-corrected chi connectivity index (χ2v) is 5.57. The molecule has 2 heterocycles. The molecule has 0 aliphatic rings. The highest BCUT2D eigenvalue weighted by atomic mass is 16.2. The lowest BCUT2D eigenvalue weighted by Gasteiger charge is -2.05. The third-order valence-corrected chi connectivity index (χ3v) is 3.92. The molecule has 5 heteroatoms. The Hall–Kier alpha value is -2.69. The minimum Gasteiger partial charge on any atom is -0.244 e. The second-order valence-electron chi connectivity index (χ2n) is 5.57. The third-order valence-electron chi connectivity index (χ3n) is 3.92. The van der Waals surface area contributed by atoms with Crippen molar-refractivity contribution in [2.45, 2.75) is 33.1 Å². The van der Waals surface area contributed by atoms with Gasteiger partial charge in [0.05, 0.1) is 5.69 Å². The van der Waals surface area contributed by atoms with Gasteiger partial charge in [-0.3, -0.25) is 0 Å². The summed E-state index contributed by atoms with van der Waals surface area (Å²) in [5, 5.41) is 8.57. The Morgan fingerprint density at radius 3 is 2.61 bits per heavy atom. The fourth-order valence-electron chi connectivity index (χ4n) is 2.73. The Labute approximate surface area is 135 Å². The van der Waals surface area contributed by atoms with Crippen molar-refractivity contribution in [1.29, 1.82) is 0 Å². The number of carbonyl (C=O) groups is 1. The van der Waals surface area contributed by atoms with Crippen LogP contribution in [0.2, 0.25) is 0 Å². The van der Waals surface area contributed by atoms with Gasteiger partial charge in [0.15, 0.2) is 0 Å². The minimum atomic E-state index is -0.246. The van der Waals surface area contributed by atoms with E-state index < -0.39 is 0 Å². The van der Waals surface area contributed by atoms with Gasteiger partial charge in [0.1, 0.15) is 0 Å². The zero-order valence-electron chi connectivity index (χ0n) is 13.4. The van der Waals surface area contributed by atoms with Gasteiger partial charge in [0, 0.05) is 30.1 Å². The first-order chi connectivity index (χ1) is 11.2. The van der Waals surface area contributed by atoms with Crippen LogP contribution in [0, 0.1) is 6.92 Å². The molecule has 0 N–H and O–H groups in total. The van der Waals surface area contributed by atoms with Gasteiger partial charge in [-0.25, -0.2) is 4.79 Å². The molecule has 3 rings (SSSR count). The van der Waals surface area contributed by atoms with E-state index in [-0.39, 0.29) is 6.03 Å². The first-order valence-electron chi connectivity index (χ1n) is 7.86. The molecule has 0 radical (unpaired) electrons. The molecule has 5 nitrogen and oxygen atoms in total.